The summed E-state index contributed by atoms with van der Waals surface area (Å²) < 4.78 is 0. The van der Waals surface area contributed by atoms with Gasteiger partial charge < -0.3 is 10.2 Å². The normalized spacial score (nSPS) is 22.0. The lowest BCUT2D eigenvalue weighted by Crippen LogP contribution is -2.40. The van der Waals surface area contributed by atoms with Gasteiger partial charge in [-0.25, -0.2) is 0 Å². The Morgan fingerprint density at radius 1 is 1.31 bits per heavy atom. The van der Waals surface area contributed by atoms with E-state index in [0.717, 1.165) is 6.54 Å². The molecule has 16 heavy (non-hydrogen) atoms. The second-order valence-electron chi connectivity index (χ2n) is 4.83. The Hall–Kier alpha value is -1.02. The van der Waals surface area contributed by atoms with Crippen molar-refractivity contribution in [2.75, 3.05) is 25.5 Å². The molecular weight excluding hydrogens is 196 g/mol. The molecule has 2 rings (SSSR count). The molecule has 1 heterocycles. The molecule has 1 fully saturated rings. The van der Waals surface area contributed by atoms with Crippen LogP contribution in [0, 0.1) is 6.92 Å². The number of likely N-dealkylation sites (tertiary alicyclic amines) is 1. The number of piperidine rings is 1. The highest BCUT2D eigenvalue weighted by Crippen LogP contribution is 2.17. The molecule has 0 aliphatic carbocycles. The molecule has 1 aromatic carbocycles. The summed E-state index contributed by atoms with van der Waals surface area (Å²) in [6.45, 7) is 4.48. The van der Waals surface area contributed by atoms with Crippen LogP contribution in [-0.4, -0.2) is 31.1 Å². The molecule has 2 nitrogen and oxygen atoms in total. The lowest BCUT2D eigenvalue weighted by molar-refractivity contribution is 0.194. The number of nitrogens with zero attached hydrogens (tertiary/aromatic N) is 1. The third kappa shape index (κ3) is 2.76. The zero-order valence-electron chi connectivity index (χ0n) is 10.4. The zero-order valence-corrected chi connectivity index (χ0v) is 10.4. The van der Waals surface area contributed by atoms with Crippen molar-refractivity contribution in [1.29, 1.82) is 0 Å². The van der Waals surface area contributed by atoms with Gasteiger partial charge in [-0.2, -0.15) is 0 Å². The third-order valence-corrected chi connectivity index (χ3v) is 3.59. The van der Waals surface area contributed by atoms with Crippen molar-refractivity contribution in [1.82, 2.24) is 4.90 Å². The molecule has 0 bridgehead atoms. The number of likely N-dealkylation sites (N-methyl/N-ethyl adjacent to an activating group) is 1. The summed E-state index contributed by atoms with van der Waals surface area (Å²) in [6.07, 6.45) is 4.07. The summed E-state index contributed by atoms with van der Waals surface area (Å²) in [7, 11) is 2.24. The highest BCUT2D eigenvalue weighted by atomic mass is 15.2. The van der Waals surface area contributed by atoms with Gasteiger partial charge >= 0.3 is 0 Å². The van der Waals surface area contributed by atoms with Crippen LogP contribution in [0.15, 0.2) is 24.3 Å². The van der Waals surface area contributed by atoms with Crippen molar-refractivity contribution in [3.8, 4) is 0 Å². The fraction of sp³-hybridized carbons (Fsp3) is 0.571. The lowest BCUT2D eigenvalue weighted by atomic mass is 10.0. The molecule has 0 radical (unpaired) electrons. The Morgan fingerprint density at radius 2 is 2.12 bits per heavy atom. The van der Waals surface area contributed by atoms with Crippen molar-refractivity contribution in [2.24, 2.45) is 0 Å². The molecule has 1 aliphatic rings. The van der Waals surface area contributed by atoms with Gasteiger partial charge in [-0.15, -0.1) is 0 Å². The quantitative estimate of drug-likeness (QED) is 0.839. The first kappa shape index (κ1) is 11.5. The summed E-state index contributed by atoms with van der Waals surface area (Å²) in [4.78, 5) is 2.48. The zero-order chi connectivity index (χ0) is 11.4. The van der Waals surface area contributed by atoms with Crippen molar-refractivity contribution in [3.63, 3.8) is 0 Å². The van der Waals surface area contributed by atoms with Crippen molar-refractivity contribution in [3.05, 3.63) is 29.8 Å². The minimum atomic E-state index is 0.702. The van der Waals surface area contributed by atoms with E-state index in [9.17, 15) is 0 Å². The minimum absolute atomic E-state index is 0.702. The Labute approximate surface area is 98.7 Å². The highest BCUT2D eigenvalue weighted by molar-refractivity contribution is 5.50. The van der Waals surface area contributed by atoms with Gasteiger partial charge in [0.1, 0.15) is 0 Å². The molecular formula is C14H22N2. The number of hydrogen-bond donors (Lipinski definition) is 1. The van der Waals surface area contributed by atoms with Crippen LogP contribution in [0.1, 0.15) is 24.8 Å². The van der Waals surface area contributed by atoms with E-state index >= 15 is 0 Å². The van der Waals surface area contributed by atoms with Gasteiger partial charge in [-0.3, -0.25) is 0 Å². The van der Waals surface area contributed by atoms with E-state index in [2.05, 4.69) is 48.5 Å². The Kier molecular flexibility index (Phi) is 3.83. The number of benzene rings is 1. The number of anilines is 1. The summed E-state index contributed by atoms with van der Waals surface area (Å²) in [6, 6.07) is 9.21. The van der Waals surface area contributed by atoms with E-state index < -0.39 is 0 Å². The van der Waals surface area contributed by atoms with Gasteiger partial charge in [0.2, 0.25) is 0 Å². The van der Waals surface area contributed by atoms with Gasteiger partial charge in [0.15, 0.2) is 0 Å². The second-order valence-corrected chi connectivity index (χ2v) is 4.83. The second kappa shape index (κ2) is 5.35. The van der Waals surface area contributed by atoms with E-state index in [1.807, 2.05) is 0 Å². The van der Waals surface area contributed by atoms with Crippen LogP contribution in [-0.2, 0) is 0 Å². The Bertz CT molecular complexity index is 335. The maximum absolute atomic E-state index is 3.57. The van der Waals surface area contributed by atoms with Crippen LogP contribution in [0.4, 0.5) is 5.69 Å². The van der Waals surface area contributed by atoms with E-state index in [1.165, 1.54) is 37.1 Å². The van der Waals surface area contributed by atoms with Gasteiger partial charge in [0.05, 0.1) is 0 Å². The largest absolute Gasteiger partial charge is 0.383 e. The number of hydrogen-bond acceptors (Lipinski definition) is 2. The number of aryl methyl sites for hydroxylation is 1. The van der Waals surface area contributed by atoms with Crippen LogP contribution in [0.2, 0.25) is 0 Å². The summed E-state index contributed by atoms with van der Waals surface area (Å²) >= 11 is 0. The molecule has 0 amide bonds. The lowest BCUT2D eigenvalue weighted by Gasteiger charge is -2.32. The Morgan fingerprint density at radius 3 is 2.88 bits per heavy atom. The molecule has 1 saturated heterocycles. The average Bonchev–Trinajstić information content (AvgIpc) is 2.30. The number of rotatable bonds is 3. The smallest absolute Gasteiger partial charge is 0.0370 e. The highest BCUT2D eigenvalue weighted by Gasteiger charge is 2.18. The minimum Gasteiger partial charge on any atom is -0.383 e. The number of nitrogens with one attached hydrogen (secondary N) is 1. The molecule has 0 saturated carbocycles. The molecule has 1 unspecified atom stereocenters. The van der Waals surface area contributed by atoms with Crippen molar-refractivity contribution in [2.45, 2.75) is 32.2 Å². The predicted molar refractivity (Wildman–Crippen MR) is 69.9 cm³/mol. The summed E-state index contributed by atoms with van der Waals surface area (Å²) in [5.41, 5.74) is 2.61. The summed E-state index contributed by atoms with van der Waals surface area (Å²) in [5.74, 6) is 0. The molecule has 1 N–H and O–H groups in total. The molecule has 88 valence electrons. The van der Waals surface area contributed by atoms with Crippen LogP contribution in [0.5, 0.6) is 0 Å². The van der Waals surface area contributed by atoms with E-state index in [1.54, 1.807) is 0 Å². The van der Waals surface area contributed by atoms with E-state index in [0.29, 0.717) is 6.04 Å². The van der Waals surface area contributed by atoms with Crippen molar-refractivity contribution >= 4 is 5.69 Å². The SMILES string of the molecule is Cc1ccccc1NCC1CCCCN1C. The van der Waals surface area contributed by atoms with Gasteiger partial charge in [0, 0.05) is 18.3 Å². The molecule has 2 heteroatoms. The Balaban J connectivity index is 1.89. The molecule has 1 aliphatic heterocycles. The van der Waals surface area contributed by atoms with Crippen molar-refractivity contribution < 1.29 is 0 Å². The van der Waals surface area contributed by atoms with Crippen LogP contribution in [0.3, 0.4) is 0 Å². The maximum atomic E-state index is 3.57. The molecule has 1 aromatic rings. The fourth-order valence-electron chi connectivity index (χ4n) is 2.40. The fourth-order valence-corrected chi connectivity index (χ4v) is 2.40. The summed E-state index contributed by atoms with van der Waals surface area (Å²) in [5, 5.41) is 3.57. The topological polar surface area (TPSA) is 15.3 Å². The van der Waals surface area contributed by atoms with E-state index in [-0.39, 0.29) is 0 Å². The third-order valence-electron chi connectivity index (χ3n) is 3.59. The van der Waals surface area contributed by atoms with Crippen LogP contribution < -0.4 is 5.32 Å². The monoisotopic (exact) mass is 218 g/mol. The number of para-hydroxylation sites is 1. The molecule has 0 aromatic heterocycles. The first-order valence-electron chi connectivity index (χ1n) is 6.27. The maximum Gasteiger partial charge on any atom is 0.0370 e. The first-order valence-corrected chi connectivity index (χ1v) is 6.27. The predicted octanol–water partition coefficient (Wildman–Crippen LogP) is 2.89. The average molecular weight is 218 g/mol. The van der Waals surface area contributed by atoms with Gasteiger partial charge in [0.25, 0.3) is 0 Å². The van der Waals surface area contributed by atoms with E-state index in [4.69, 9.17) is 0 Å². The van der Waals surface area contributed by atoms with Crippen LogP contribution in [0.25, 0.3) is 0 Å². The van der Waals surface area contributed by atoms with Gasteiger partial charge in [-0.1, -0.05) is 24.6 Å². The molecule has 1 atom stereocenters. The van der Waals surface area contributed by atoms with Gasteiger partial charge in [-0.05, 0) is 45.0 Å². The molecule has 0 spiro atoms. The van der Waals surface area contributed by atoms with Crippen LogP contribution >= 0.6 is 0 Å². The standard InChI is InChI=1S/C14H22N2/c1-12-7-3-4-9-14(12)15-11-13-8-5-6-10-16(13)2/h3-4,7,9,13,15H,5-6,8,10-11H2,1-2H3. The first-order chi connectivity index (χ1) is 7.77.